The second-order valence-electron chi connectivity index (χ2n) is 9.68. The third kappa shape index (κ3) is 7.38. The first kappa shape index (κ1) is 27.4. The molecule has 1 aliphatic rings. The van der Waals surface area contributed by atoms with Crippen molar-refractivity contribution in [2.75, 3.05) is 14.2 Å². The van der Waals surface area contributed by atoms with Gasteiger partial charge in [-0.3, -0.25) is 14.4 Å². The fourth-order valence-corrected chi connectivity index (χ4v) is 4.91. The number of nitrogens with one attached hydrogen (secondary N) is 2. The van der Waals surface area contributed by atoms with Crippen LogP contribution >= 0.6 is 0 Å². The van der Waals surface area contributed by atoms with Crippen molar-refractivity contribution in [2.24, 2.45) is 11.8 Å². The van der Waals surface area contributed by atoms with Crippen molar-refractivity contribution in [2.45, 2.75) is 77.7 Å². The molecular formula is C27H38N4O5. The number of aromatic amines is 1. The number of hydrogen-bond acceptors (Lipinski definition) is 7. The topological polar surface area (TPSA) is 123 Å². The third-order valence-electron chi connectivity index (χ3n) is 6.99. The molecule has 2 aromatic rings. The van der Waals surface area contributed by atoms with Crippen LogP contribution in [-0.4, -0.2) is 41.1 Å². The van der Waals surface area contributed by atoms with Gasteiger partial charge in [-0.2, -0.15) is 0 Å². The van der Waals surface area contributed by atoms with Crippen LogP contribution in [0.25, 0.3) is 0 Å². The van der Waals surface area contributed by atoms with Crippen LogP contribution in [0.1, 0.15) is 88.3 Å². The normalized spacial score (nSPS) is 15.7. The minimum atomic E-state index is -0.715. The molecule has 1 amide bonds. The van der Waals surface area contributed by atoms with Gasteiger partial charge in [-0.05, 0) is 43.9 Å². The molecular weight excluding hydrogens is 460 g/mol. The molecule has 1 aromatic heterocycles. The first-order valence-corrected chi connectivity index (χ1v) is 12.8. The minimum absolute atomic E-state index is 0.101. The lowest BCUT2D eigenvalue weighted by atomic mass is 9.84. The Hall–Kier alpha value is -3.23. The molecule has 36 heavy (non-hydrogen) atoms. The van der Waals surface area contributed by atoms with E-state index in [1.54, 1.807) is 27.2 Å². The lowest BCUT2D eigenvalue weighted by molar-refractivity contribution is -0.133. The molecule has 2 atom stereocenters. The smallest absolute Gasteiger partial charge is 0.275 e. The number of Topliss-reactive ketones (excluding diaryl/α,β-unsaturated/α-hetero) is 1. The average molecular weight is 499 g/mol. The second kappa shape index (κ2) is 13.2. The number of benzene rings is 1. The van der Waals surface area contributed by atoms with E-state index in [2.05, 4.69) is 20.5 Å². The highest BCUT2D eigenvalue weighted by Gasteiger charge is 2.26. The number of rotatable bonds is 12. The van der Waals surface area contributed by atoms with Crippen molar-refractivity contribution in [3.8, 4) is 11.5 Å². The van der Waals surface area contributed by atoms with Gasteiger partial charge in [0.15, 0.2) is 11.5 Å². The molecule has 9 nitrogen and oxygen atoms in total. The Labute approximate surface area is 212 Å². The number of aromatic nitrogens is 3. The van der Waals surface area contributed by atoms with Crippen LogP contribution in [0.15, 0.2) is 23.0 Å². The van der Waals surface area contributed by atoms with E-state index in [4.69, 9.17) is 9.47 Å². The summed E-state index contributed by atoms with van der Waals surface area (Å²) in [4.78, 5) is 40.5. The zero-order chi connectivity index (χ0) is 26.1. The zero-order valence-electron chi connectivity index (χ0n) is 21.8. The van der Waals surface area contributed by atoms with Gasteiger partial charge in [-0.1, -0.05) is 51.0 Å². The lowest BCUT2D eigenvalue weighted by Crippen LogP contribution is -2.38. The molecule has 1 heterocycles. The Kier molecular flexibility index (Phi) is 10.0. The Morgan fingerprint density at radius 3 is 2.47 bits per heavy atom. The number of hydrogen-bond donors (Lipinski definition) is 2. The molecule has 0 saturated heterocycles. The maximum absolute atomic E-state index is 12.9. The fraction of sp³-hybridized carbons (Fsp3) is 0.593. The van der Waals surface area contributed by atoms with Gasteiger partial charge in [0.1, 0.15) is 17.3 Å². The van der Waals surface area contributed by atoms with Crippen LogP contribution in [0.5, 0.6) is 11.5 Å². The number of carbonyl (C=O) groups excluding carboxylic acids is 2. The van der Waals surface area contributed by atoms with E-state index in [9.17, 15) is 14.4 Å². The van der Waals surface area contributed by atoms with E-state index in [1.165, 1.54) is 39.0 Å². The number of ether oxygens (including phenoxy) is 2. The van der Waals surface area contributed by atoms with E-state index in [0.29, 0.717) is 36.1 Å². The molecule has 9 heteroatoms. The SMILES string of the molecule is COc1ccc(Cc2nnc(C(C)NC(=O)C(CCCC3CCCCC3)C(C)=O)c(=O)[nH]2)cc1OC. The monoisotopic (exact) mass is 498 g/mol. The van der Waals surface area contributed by atoms with Crippen molar-refractivity contribution in [1.82, 2.24) is 20.5 Å². The highest BCUT2D eigenvalue weighted by atomic mass is 16.5. The Bertz CT molecular complexity index is 1090. The van der Waals surface area contributed by atoms with Gasteiger partial charge < -0.3 is 19.8 Å². The van der Waals surface area contributed by atoms with Gasteiger partial charge in [0.05, 0.1) is 26.2 Å². The van der Waals surface area contributed by atoms with Crippen molar-refractivity contribution in [3.05, 3.63) is 45.6 Å². The Morgan fingerprint density at radius 1 is 1.11 bits per heavy atom. The summed E-state index contributed by atoms with van der Waals surface area (Å²) < 4.78 is 10.6. The maximum atomic E-state index is 12.9. The number of ketones is 1. The Balaban J connectivity index is 1.59. The average Bonchev–Trinajstić information content (AvgIpc) is 2.86. The molecule has 2 unspecified atom stereocenters. The first-order valence-electron chi connectivity index (χ1n) is 12.8. The molecule has 0 spiro atoms. The largest absolute Gasteiger partial charge is 0.493 e. The number of methoxy groups -OCH3 is 2. The summed E-state index contributed by atoms with van der Waals surface area (Å²) in [6.07, 6.45) is 9.14. The molecule has 2 N–H and O–H groups in total. The standard InChI is InChI=1S/C27H38N4O5/c1-17(28-26(33)21(18(2)32)12-8-11-19-9-6-5-7-10-19)25-27(34)29-24(30-31-25)16-20-13-14-22(35-3)23(15-20)36-4/h13-15,17,19,21H,5-12,16H2,1-4H3,(H,28,33)(H,29,30,34). The molecule has 3 rings (SSSR count). The first-order chi connectivity index (χ1) is 17.3. The van der Waals surface area contributed by atoms with Crippen molar-refractivity contribution < 1.29 is 19.1 Å². The molecule has 1 fully saturated rings. The number of amides is 1. The van der Waals surface area contributed by atoms with E-state index in [0.717, 1.165) is 18.4 Å². The van der Waals surface area contributed by atoms with Crippen LogP contribution < -0.4 is 20.3 Å². The Morgan fingerprint density at radius 2 is 1.83 bits per heavy atom. The van der Waals surface area contributed by atoms with E-state index >= 15 is 0 Å². The van der Waals surface area contributed by atoms with Crippen LogP contribution in [0.3, 0.4) is 0 Å². The molecule has 1 aliphatic carbocycles. The molecule has 1 saturated carbocycles. The fourth-order valence-electron chi connectivity index (χ4n) is 4.91. The summed E-state index contributed by atoms with van der Waals surface area (Å²) >= 11 is 0. The highest BCUT2D eigenvalue weighted by Crippen LogP contribution is 2.29. The maximum Gasteiger partial charge on any atom is 0.275 e. The van der Waals surface area contributed by atoms with Crippen molar-refractivity contribution in [3.63, 3.8) is 0 Å². The van der Waals surface area contributed by atoms with Gasteiger partial charge in [0.2, 0.25) is 5.91 Å². The summed E-state index contributed by atoms with van der Waals surface area (Å²) in [5, 5.41) is 11.0. The van der Waals surface area contributed by atoms with Crippen LogP contribution in [0.4, 0.5) is 0 Å². The van der Waals surface area contributed by atoms with Crippen molar-refractivity contribution >= 4 is 11.7 Å². The van der Waals surface area contributed by atoms with Gasteiger partial charge in [-0.25, -0.2) is 0 Å². The van der Waals surface area contributed by atoms with E-state index < -0.39 is 17.5 Å². The molecule has 0 aliphatic heterocycles. The predicted molar refractivity (Wildman–Crippen MR) is 136 cm³/mol. The minimum Gasteiger partial charge on any atom is -0.493 e. The zero-order valence-corrected chi connectivity index (χ0v) is 21.8. The molecule has 196 valence electrons. The van der Waals surface area contributed by atoms with Gasteiger partial charge >= 0.3 is 0 Å². The predicted octanol–water partition coefficient (Wildman–Crippen LogP) is 3.91. The van der Waals surface area contributed by atoms with Gasteiger partial charge in [0, 0.05) is 6.42 Å². The lowest BCUT2D eigenvalue weighted by Gasteiger charge is -2.22. The van der Waals surface area contributed by atoms with Crippen LogP contribution in [0, 0.1) is 11.8 Å². The van der Waals surface area contributed by atoms with E-state index in [-0.39, 0.29) is 17.4 Å². The van der Waals surface area contributed by atoms with Crippen LogP contribution in [0.2, 0.25) is 0 Å². The third-order valence-corrected chi connectivity index (χ3v) is 6.99. The number of nitrogens with zero attached hydrogens (tertiary/aromatic N) is 2. The van der Waals surface area contributed by atoms with Crippen LogP contribution in [-0.2, 0) is 16.0 Å². The van der Waals surface area contributed by atoms with Gasteiger partial charge in [0.25, 0.3) is 5.56 Å². The molecule has 0 radical (unpaired) electrons. The molecule has 1 aromatic carbocycles. The highest BCUT2D eigenvalue weighted by molar-refractivity contribution is 6.00. The second-order valence-corrected chi connectivity index (χ2v) is 9.68. The summed E-state index contributed by atoms with van der Waals surface area (Å²) in [6.45, 7) is 3.12. The number of carbonyl (C=O) groups is 2. The van der Waals surface area contributed by atoms with E-state index in [1.807, 2.05) is 12.1 Å². The van der Waals surface area contributed by atoms with Gasteiger partial charge in [-0.15, -0.1) is 10.2 Å². The summed E-state index contributed by atoms with van der Waals surface area (Å²) in [5.41, 5.74) is 0.540. The van der Waals surface area contributed by atoms with Crippen molar-refractivity contribution in [1.29, 1.82) is 0 Å². The molecule has 0 bridgehead atoms. The summed E-state index contributed by atoms with van der Waals surface area (Å²) in [7, 11) is 3.12. The summed E-state index contributed by atoms with van der Waals surface area (Å²) in [5.74, 6) is 1.05. The number of H-pyrrole nitrogens is 1. The quantitative estimate of drug-likeness (QED) is 0.425. The summed E-state index contributed by atoms with van der Waals surface area (Å²) in [6, 6.07) is 4.77.